The maximum atomic E-state index is 11.7. The van der Waals surface area contributed by atoms with Gasteiger partial charge in [0.15, 0.2) is 0 Å². The maximum absolute atomic E-state index is 11.7. The third-order valence-electron chi connectivity index (χ3n) is 3.60. The van der Waals surface area contributed by atoms with Crippen LogP contribution in [0.25, 0.3) is 0 Å². The number of carbonyl (C=O) groups excluding carboxylic acids is 1. The Morgan fingerprint density at radius 2 is 2.20 bits per heavy atom. The van der Waals surface area contributed by atoms with E-state index >= 15 is 0 Å². The Morgan fingerprint density at radius 3 is 2.75 bits per heavy atom. The standard InChI is InChI=1S/C13H15BrN2O4/c1-8-6-15(7-10(8)13(17)20-2)12-4-3-9(16(18)19)5-11(12)14/h3-5,8,10H,6-7H2,1-2H3. The lowest BCUT2D eigenvalue weighted by molar-refractivity contribution is -0.384. The Balaban J connectivity index is 2.21. The van der Waals surface area contributed by atoms with E-state index in [0.717, 1.165) is 12.2 Å². The van der Waals surface area contributed by atoms with Crippen molar-refractivity contribution < 1.29 is 14.5 Å². The number of carbonyl (C=O) groups is 1. The zero-order valence-electron chi connectivity index (χ0n) is 11.2. The molecule has 2 atom stereocenters. The van der Waals surface area contributed by atoms with E-state index in [1.54, 1.807) is 6.07 Å². The van der Waals surface area contributed by atoms with Gasteiger partial charge in [0.25, 0.3) is 5.69 Å². The molecule has 2 rings (SSSR count). The molecule has 1 aromatic rings. The average Bonchev–Trinajstić information content (AvgIpc) is 2.79. The van der Waals surface area contributed by atoms with Crippen molar-refractivity contribution in [3.63, 3.8) is 0 Å². The first-order chi connectivity index (χ1) is 9.43. The van der Waals surface area contributed by atoms with E-state index in [2.05, 4.69) is 15.9 Å². The van der Waals surface area contributed by atoms with Crippen molar-refractivity contribution in [3.8, 4) is 0 Å². The number of anilines is 1. The molecule has 7 heteroatoms. The predicted octanol–water partition coefficient (Wildman–Crippen LogP) is 2.60. The molecule has 1 saturated heterocycles. The van der Waals surface area contributed by atoms with Gasteiger partial charge in [0, 0.05) is 29.7 Å². The number of rotatable bonds is 3. The summed E-state index contributed by atoms with van der Waals surface area (Å²) in [5.74, 6) is -0.190. The van der Waals surface area contributed by atoms with Crippen molar-refractivity contribution in [1.82, 2.24) is 0 Å². The molecule has 0 radical (unpaired) electrons. The van der Waals surface area contributed by atoms with E-state index in [-0.39, 0.29) is 23.5 Å². The number of methoxy groups -OCH3 is 1. The summed E-state index contributed by atoms with van der Waals surface area (Å²) < 4.78 is 5.46. The molecule has 0 aliphatic carbocycles. The minimum atomic E-state index is -0.432. The molecule has 0 N–H and O–H groups in total. The summed E-state index contributed by atoms with van der Waals surface area (Å²) >= 11 is 3.36. The highest BCUT2D eigenvalue weighted by Gasteiger charge is 2.36. The Labute approximate surface area is 125 Å². The Kier molecular flexibility index (Phi) is 4.27. The van der Waals surface area contributed by atoms with Crippen molar-refractivity contribution in [2.75, 3.05) is 25.1 Å². The van der Waals surface area contributed by atoms with Gasteiger partial charge in [0.2, 0.25) is 0 Å². The first-order valence-corrected chi connectivity index (χ1v) is 7.00. The molecule has 0 bridgehead atoms. The third kappa shape index (κ3) is 2.77. The molecule has 2 unspecified atom stereocenters. The van der Waals surface area contributed by atoms with E-state index in [4.69, 9.17) is 4.74 Å². The van der Waals surface area contributed by atoms with Gasteiger partial charge in [0.05, 0.1) is 23.6 Å². The lowest BCUT2D eigenvalue weighted by Crippen LogP contribution is -2.24. The summed E-state index contributed by atoms with van der Waals surface area (Å²) in [5, 5.41) is 10.7. The van der Waals surface area contributed by atoms with Gasteiger partial charge < -0.3 is 9.64 Å². The highest BCUT2D eigenvalue weighted by molar-refractivity contribution is 9.10. The Morgan fingerprint density at radius 1 is 1.50 bits per heavy atom. The number of hydrogen-bond donors (Lipinski definition) is 0. The summed E-state index contributed by atoms with van der Waals surface area (Å²) in [4.78, 5) is 24.0. The number of halogens is 1. The monoisotopic (exact) mass is 342 g/mol. The minimum absolute atomic E-state index is 0.0392. The van der Waals surface area contributed by atoms with Crippen molar-refractivity contribution >= 4 is 33.3 Å². The van der Waals surface area contributed by atoms with Crippen molar-refractivity contribution in [2.45, 2.75) is 6.92 Å². The fourth-order valence-corrected chi connectivity index (χ4v) is 3.11. The van der Waals surface area contributed by atoms with Crippen LogP contribution < -0.4 is 4.90 Å². The molecule has 0 spiro atoms. The summed E-state index contributed by atoms with van der Waals surface area (Å²) in [7, 11) is 1.39. The molecule has 1 fully saturated rings. The van der Waals surface area contributed by atoms with Crippen LogP contribution in [0.2, 0.25) is 0 Å². The van der Waals surface area contributed by atoms with Crippen LogP contribution >= 0.6 is 15.9 Å². The van der Waals surface area contributed by atoms with E-state index in [9.17, 15) is 14.9 Å². The van der Waals surface area contributed by atoms with Crippen molar-refractivity contribution in [3.05, 3.63) is 32.8 Å². The lowest BCUT2D eigenvalue weighted by Gasteiger charge is -2.19. The van der Waals surface area contributed by atoms with E-state index < -0.39 is 4.92 Å². The summed E-state index contributed by atoms with van der Waals surface area (Å²) in [5.41, 5.74) is 0.895. The van der Waals surface area contributed by atoms with Crippen LogP contribution in [0.1, 0.15) is 6.92 Å². The molecule has 0 aromatic heterocycles. The van der Waals surface area contributed by atoms with Crippen LogP contribution in [0, 0.1) is 22.0 Å². The predicted molar refractivity (Wildman–Crippen MR) is 77.7 cm³/mol. The molecule has 108 valence electrons. The molecular formula is C13H15BrN2O4. The summed E-state index contributed by atoms with van der Waals surface area (Å²) in [6, 6.07) is 4.65. The molecular weight excluding hydrogens is 328 g/mol. The van der Waals surface area contributed by atoms with E-state index in [1.807, 2.05) is 11.8 Å². The quantitative estimate of drug-likeness (QED) is 0.479. The minimum Gasteiger partial charge on any atom is -0.469 e. The zero-order valence-corrected chi connectivity index (χ0v) is 12.8. The first-order valence-electron chi connectivity index (χ1n) is 6.20. The van der Waals surface area contributed by atoms with Crippen LogP contribution in [0.3, 0.4) is 0 Å². The van der Waals surface area contributed by atoms with Gasteiger partial charge in [-0.25, -0.2) is 0 Å². The molecule has 1 aromatic carbocycles. The van der Waals surface area contributed by atoms with Gasteiger partial charge in [0.1, 0.15) is 0 Å². The second-order valence-electron chi connectivity index (χ2n) is 4.90. The van der Waals surface area contributed by atoms with Crippen molar-refractivity contribution in [2.24, 2.45) is 11.8 Å². The van der Waals surface area contributed by atoms with Gasteiger partial charge in [-0.05, 0) is 27.9 Å². The van der Waals surface area contributed by atoms with Crippen LogP contribution in [-0.4, -0.2) is 31.1 Å². The van der Waals surface area contributed by atoms with Crippen LogP contribution in [0.4, 0.5) is 11.4 Å². The Hall–Kier alpha value is -1.63. The second-order valence-corrected chi connectivity index (χ2v) is 5.76. The first kappa shape index (κ1) is 14.8. The van der Waals surface area contributed by atoms with Crippen LogP contribution in [0.15, 0.2) is 22.7 Å². The number of benzene rings is 1. The molecule has 1 aliphatic rings. The SMILES string of the molecule is COC(=O)C1CN(c2ccc([N+](=O)[O-])cc2Br)CC1C. The lowest BCUT2D eigenvalue weighted by atomic mass is 9.99. The molecule has 0 amide bonds. The molecule has 1 aliphatic heterocycles. The van der Waals surface area contributed by atoms with E-state index in [1.165, 1.54) is 19.2 Å². The number of esters is 1. The fourth-order valence-electron chi connectivity index (χ4n) is 2.49. The average molecular weight is 343 g/mol. The molecule has 20 heavy (non-hydrogen) atoms. The number of ether oxygens (including phenoxy) is 1. The number of nitrogens with zero attached hydrogens (tertiary/aromatic N) is 2. The summed E-state index contributed by atoms with van der Waals surface area (Å²) in [6.45, 7) is 3.28. The number of nitro benzene ring substituents is 1. The third-order valence-corrected chi connectivity index (χ3v) is 4.23. The van der Waals surface area contributed by atoms with E-state index in [0.29, 0.717) is 11.0 Å². The zero-order chi connectivity index (χ0) is 14.9. The van der Waals surface area contributed by atoms with Gasteiger partial charge in [-0.15, -0.1) is 0 Å². The normalized spacial score (nSPS) is 21.9. The highest BCUT2D eigenvalue weighted by Crippen LogP contribution is 2.35. The fraction of sp³-hybridized carbons (Fsp3) is 0.462. The van der Waals surface area contributed by atoms with Crippen molar-refractivity contribution in [1.29, 1.82) is 0 Å². The largest absolute Gasteiger partial charge is 0.469 e. The number of hydrogen-bond acceptors (Lipinski definition) is 5. The second kappa shape index (κ2) is 5.78. The summed E-state index contributed by atoms with van der Waals surface area (Å²) in [6.07, 6.45) is 0. The molecule has 6 nitrogen and oxygen atoms in total. The smallest absolute Gasteiger partial charge is 0.310 e. The molecule has 0 saturated carbocycles. The topological polar surface area (TPSA) is 72.7 Å². The van der Waals surface area contributed by atoms with Gasteiger partial charge in [-0.1, -0.05) is 6.92 Å². The van der Waals surface area contributed by atoms with Crippen LogP contribution in [0.5, 0.6) is 0 Å². The van der Waals surface area contributed by atoms with Gasteiger partial charge in [-0.2, -0.15) is 0 Å². The highest BCUT2D eigenvalue weighted by atomic mass is 79.9. The molecule has 1 heterocycles. The number of nitro groups is 1. The van der Waals surface area contributed by atoms with Gasteiger partial charge >= 0.3 is 5.97 Å². The van der Waals surface area contributed by atoms with Crippen LogP contribution in [-0.2, 0) is 9.53 Å². The maximum Gasteiger partial charge on any atom is 0.310 e. The number of non-ortho nitro benzene ring substituents is 1. The van der Waals surface area contributed by atoms with Gasteiger partial charge in [-0.3, -0.25) is 14.9 Å². The Bertz CT molecular complexity index is 549.